The van der Waals surface area contributed by atoms with E-state index < -0.39 is 0 Å². The molecule has 0 aromatic heterocycles. The summed E-state index contributed by atoms with van der Waals surface area (Å²) in [4.78, 5) is 0. The molecule has 0 radical (unpaired) electrons. The molecule has 0 saturated carbocycles. The van der Waals surface area contributed by atoms with Gasteiger partial charge in [-0.1, -0.05) is 12.1 Å². The van der Waals surface area contributed by atoms with Crippen molar-refractivity contribution in [1.29, 1.82) is 5.53 Å². The van der Waals surface area contributed by atoms with E-state index in [4.69, 9.17) is 5.53 Å². The van der Waals surface area contributed by atoms with Crippen LogP contribution in [0.25, 0.3) is 0 Å². The van der Waals surface area contributed by atoms with Crippen molar-refractivity contribution in [2.75, 3.05) is 0 Å². The molecule has 1 aromatic carbocycles. The molecule has 8 nitrogen and oxygen atoms in total. The van der Waals surface area contributed by atoms with Crippen LogP contribution >= 0.6 is 0 Å². The summed E-state index contributed by atoms with van der Waals surface area (Å²) in [5.41, 5.74) is 7.02. The van der Waals surface area contributed by atoms with Crippen molar-refractivity contribution in [2.45, 2.75) is 6.54 Å². The zero-order chi connectivity index (χ0) is 11.6. The van der Waals surface area contributed by atoms with Gasteiger partial charge in [0, 0.05) is 0 Å². The van der Waals surface area contributed by atoms with Crippen molar-refractivity contribution in [3.05, 3.63) is 35.6 Å². The summed E-state index contributed by atoms with van der Waals surface area (Å²) in [6, 6.07) is 5.83. The highest BCUT2D eigenvalue weighted by Crippen LogP contribution is 2.04. The van der Waals surface area contributed by atoms with Crippen LogP contribution in [0.15, 0.2) is 60.7 Å². The smallest absolute Gasteiger partial charge is 0.123 e. The Morgan fingerprint density at radius 2 is 1.56 bits per heavy atom. The van der Waals surface area contributed by atoms with Crippen molar-refractivity contribution in [3.8, 4) is 0 Å². The summed E-state index contributed by atoms with van der Waals surface area (Å²) in [6.07, 6.45) is 0. The van der Waals surface area contributed by atoms with Crippen LogP contribution in [0.4, 0.5) is 4.39 Å². The average Bonchev–Trinajstić information content (AvgIpc) is 2.30. The molecule has 16 heavy (non-hydrogen) atoms. The van der Waals surface area contributed by atoms with Crippen LogP contribution in [0.2, 0.25) is 0 Å². The minimum atomic E-state index is -0.306. The third kappa shape index (κ3) is 4.69. The highest BCUT2D eigenvalue weighted by atomic mass is 19.1. The fourth-order valence-corrected chi connectivity index (χ4v) is 0.805. The summed E-state index contributed by atoms with van der Waals surface area (Å²) in [6.45, 7) is 0.263. The fraction of sp³-hybridized carbons (Fsp3) is 0.143. The molecule has 0 aliphatic rings. The Kier molecular flexibility index (Phi) is 5.03. The number of halogens is 1. The van der Waals surface area contributed by atoms with E-state index in [1.54, 1.807) is 12.1 Å². The van der Waals surface area contributed by atoms with E-state index >= 15 is 0 Å². The van der Waals surface area contributed by atoms with Gasteiger partial charge in [0.2, 0.25) is 0 Å². The van der Waals surface area contributed by atoms with Gasteiger partial charge in [-0.25, -0.2) is 4.39 Å². The monoisotopic (exact) mass is 222 g/mol. The van der Waals surface area contributed by atoms with E-state index in [1.165, 1.54) is 12.1 Å². The number of rotatable bonds is 5. The van der Waals surface area contributed by atoms with Crippen LogP contribution in [-0.4, -0.2) is 0 Å². The van der Waals surface area contributed by atoms with E-state index in [-0.39, 0.29) is 12.4 Å². The molecule has 0 fully saturated rings. The predicted octanol–water partition coefficient (Wildman–Crippen LogP) is 3.46. The maximum Gasteiger partial charge on any atom is 0.123 e. The first-order chi connectivity index (χ1) is 7.83. The van der Waals surface area contributed by atoms with E-state index in [0.717, 1.165) is 5.56 Å². The molecule has 0 aliphatic carbocycles. The van der Waals surface area contributed by atoms with Gasteiger partial charge in [-0.2, -0.15) is 10.6 Å². The third-order valence-electron chi connectivity index (χ3n) is 1.43. The van der Waals surface area contributed by atoms with E-state index in [9.17, 15) is 4.39 Å². The van der Waals surface area contributed by atoms with Crippen molar-refractivity contribution >= 4 is 0 Å². The minimum absolute atomic E-state index is 0.263. The van der Waals surface area contributed by atoms with Gasteiger partial charge < -0.3 is 0 Å². The molecule has 0 atom stereocenters. The number of hydrogen-bond acceptors (Lipinski definition) is 2. The minimum Gasteiger partial charge on any atom is -0.207 e. The van der Waals surface area contributed by atoms with Gasteiger partial charge in [0.05, 0.1) is 6.54 Å². The molecule has 82 valence electrons. The zero-order valence-corrected chi connectivity index (χ0v) is 8.02. The van der Waals surface area contributed by atoms with Gasteiger partial charge in [0.1, 0.15) is 5.82 Å². The van der Waals surface area contributed by atoms with Gasteiger partial charge in [-0.05, 0) is 49.0 Å². The summed E-state index contributed by atoms with van der Waals surface area (Å²) in [5, 5.41) is 21.5. The number of benzene rings is 1. The molecule has 0 aliphatic heterocycles. The molecule has 0 amide bonds. The lowest BCUT2D eigenvalue weighted by Crippen LogP contribution is -1.80. The number of nitrogens with one attached hydrogen (secondary N) is 1. The van der Waals surface area contributed by atoms with Crippen molar-refractivity contribution < 1.29 is 4.39 Å². The Morgan fingerprint density at radius 1 is 0.938 bits per heavy atom. The second-order valence-electron chi connectivity index (χ2n) is 2.47. The number of hydrogen-bond donors (Lipinski definition) is 1. The van der Waals surface area contributed by atoms with E-state index in [1.807, 2.05) is 0 Å². The van der Waals surface area contributed by atoms with Gasteiger partial charge >= 0.3 is 0 Å². The van der Waals surface area contributed by atoms with Gasteiger partial charge in [-0.3, -0.25) is 0 Å². The largest absolute Gasteiger partial charge is 0.207 e. The molecule has 0 saturated heterocycles. The summed E-state index contributed by atoms with van der Waals surface area (Å²) in [7, 11) is 0. The standard InChI is InChI=1S/C7H7FN8/c8-7-3-1-6(2-4-7)5-10-12-14-16-15-13-11-9/h1-4,9H,5H2. The summed E-state index contributed by atoms with van der Waals surface area (Å²) < 4.78 is 12.5. The van der Waals surface area contributed by atoms with Crippen molar-refractivity contribution in [1.82, 2.24) is 0 Å². The molecule has 9 heteroatoms. The first-order valence-corrected chi connectivity index (χ1v) is 4.10. The Morgan fingerprint density at radius 3 is 2.25 bits per heavy atom. The molecule has 0 unspecified atom stereocenters. The highest BCUT2D eigenvalue weighted by molar-refractivity contribution is 5.15. The first-order valence-electron chi connectivity index (χ1n) is 4.10. The Balaban J connectivity index is 2.36. The maximum atomic E-state index is 12.5. The molecule has 0 bridgehead atoms. The van der Waals surface area contributed by atoms with Crippen LogP contribution in [0, 0.1) is 11.3 Å². The number of nitrogens with zero attached hydrogens (tertiary/aromatic N) is 7. The molecule has 1 aromatic rings. The molecular formula is C7H7FN8. The van der Waals surface area contributed by atoms with Gasteiger partial charge in [0.15, 0.2) is 0 Å². The van der Waals surface area contributed by atoms with Gasteiger partial charge in [0.25, 0.3) is 0 Å². The lowest BCUT2D eigenvalue weighted by atomic mass is 10.2. The summed E-state index contributed by atoms with van der Waals surface area (Å²) >= 11 is 0. The van der Waals surface area contributed by atoms with E-state index in [0.29, 0.717) is 0 Å². The Labute approximate surface area is 89.4 Å². The van der Waals surface area contributed by atoms with Crippen LogP contribution in [0.1, 0.15) is 5.56 Å². The summed E-state index contributed by atoms with van der Waals surface area (Å²) in [5.74, 6) is -0.306. The molecule has 1 rings (SSSR count). The molecule has 0 spiro atoms. The Hall–Kier alpha value is -2.45. The van der Waals surface area contributed by atoms with Gasteiger partial charge in [-0.15, -0.1) is 0 Å². The third-order valence-corrected chi connectivity index (χ3v) is 1.43. The topological polar surface area (TPSA) is 110 Å². The Bertz CT molecular complexity index is 409. The van der Waals surface area contributed by atoms with Crippen molar-refractivity contribution in [3.63, 3.8) is 0 Å². The van der Waals surface area contributed by atoms with E-state index in [2.05, 4.69) is 36.5 Å². The molecular weight excluding hydrogens is 215 g/mol. The quantitative estimate of drug-likeness (QED) is 0.581. The zero-order valence-electron chi connectivity index (χ0n) is 8.02. The van der Waals surface area contributed by atoms with Crippen LogP contribution in [-0.2, 0) is 6.54 Å². The van der Waals surface area contributed by atoms with Crippen molar-refractivity contribution in [2.24, 2.45) is 36.5 Å². The van der Waals surface area contributed by atoms with Crippen LogP contribution in [0.5, 0.6) is 0 Å². The lowest BCUT2D eigenvalue weighted by molar-refractivity contribution is 0.627. The molecule has 1 N–H and O–H groups in total. The predicted molar refractivity (Wildman–Crippen MR) is 49.8 cm³/mol. The van der Waals surface area contributed by atoms with Crippen LogP contribution in [0.3, 0.4) is 0 Å². The average molecular weight is 222 g/mol. The molecule has 0 heterocycles. The second kappa shape index (κ2) is 6.92. The first kappa shape index (κ1) is 11.6. The second-order valence-corrected chi connectivity index (χ2v) is 2.47. The maximum absolute atomic E-state index is 12.5. The highest BCUT2D eigenvalue weighted by Gasteiger charge is 1.91. The normalized spacial score (nSPS) is 11.8. The SMILES string of the molecule is N=NN=NN=NN=NCc1ccc(F)cc1. The lowest BCUT2D eigenvalue weighted by Gasteiger charge is -1.92. The van der Waals surface area contributed by atoms with Crippen LogP contribution < -0.4 is 0 Å². The fourth-order valence-electron chi connectivity index (χ4n) is 0.805.